The first-order valence-corrected chi connectivity index (χ1v) is 3.71. The number of carboxylic acid groups (broad SMARTS) is 1. The van der Waals surface area contributed by atoms with Crippen LogP contribution in [0.2, 0.25) is 0 Å². The van der Waals surface area contributed by atoms with Gasteiger partial charge < -0.3 is 10.1 Å². The number of aromatic nitrogens is 1. The molecular weight excluding hydrogens is 142 g/mol. The van der Waals surface area contributed by atoms with Crippen LogP contribution in [0, 0.1) is 0 Å². The van der Waals surface area contributed by atoms with Gasteiger partial charge in [-0.25, -0.2) is 4.79 Å². The number of hydrogen-bond acceptors (Lipinski definition) is 1. The third-order valence-corrected chi connectivity index (χ3v) is 2.10. The summed E-state index contributed by atoms with van der Waals surface area (Å²) in [5.41, 5.74) is 2.62. The van der Waals surface area contributed by atoms with Crippen LogP contribution < -0.4 is 0 Å². The molecule has 0 atom stereocenters. The lowest BCUT2D eigenvalue weighted by Gasteiger charge is -1.87. The molecule has 1 aromatic heterocycles. The van der Waals surface area contributed by atoms with E-state index in [-0.39, 0.29) is 0 Å². The summed E-state index contributed by atoms with van der Waals surface area (Å²) in [5, 5.41) is 8.61. The number of rotatable bonds is 1. The van der Waals surface area contributed by atoms with Crippen LogP contribution in [0.3, 0.4) is 0 Å². The van der Waals surface area contributed by atoms with E-state index in [0.29, 0.717) is 5.69 Å². The van der Waals surface area contributed by atoms with E-state index in [1.165, 1.54) is 5.56 Å². The molecule has 0 bridgehead atoms. The van der Waals surface area contributed by atoms with Gasteiger partial charge in [-0.1, -0.05) is 0 Å². The first kappa shape index (κ1) is 6.46. The quantitative estimate of drug-likeness (QED) is 0.633. The molecule has 2 N–H and O–H groups in total. The van der Waals surface area contributed by atoms with Crippen LogP contribution in [0.1, 0.15) is 28.2 Å². The minimum Gasteiger partial charge on any atom is -0.477 e. The Kier molecular flexibility index (Phi) is 1.24. The molecule has 11 heavy (non-hydrogen) atoms. The van der Waals surface area contributed by atoms with Crippen molar-refractivity contribution in [3.63, 3.8) is 0 Å². The van der Waals surface area contributed by atoms with Gasteiger partial charge in [0.2, 0.25) is 0 Å². The van der Waals surface area contributed by atoms with Crippen LogP contribution in [0.5, 0.6) is 0 Å². The molecule has 2 rings (SSSR count). The fourth-order valence-corrected chi connectivity index (χ4v) is 1.56. The van der Waals surface area contributed by atoms with Gasteiger partial charge in [0.05, 0.1) is 0 Å². The fraction of sp³-hybridized carbons (Fsp3) is 0.375. The molecule has 3 nitrogen and oxygen atoms in total. The molecule has 0 unspecified atom stereocenters. The molecule has 58 valence electrons. The second-order valence-electron chi connectivity index (χ2n) is 2.85. The van der Waals surface area contributed by atoms with Crippen molar-refractivity contribution in [2.24, 2.45) is 0 Å². The second kappa shape index (κ2) is 2.12. The zero-order chi connectivity index (χ0) is 7.84. The average Bonchev–Trinajstić information content (AvgIpc) is 2.40. The van der Waals surface area contributed by atoms with E-state index in [0.717, 1.165) is 25.0 Å². The van der Waals surface area contributed by atoms with Crippen LogP contribution in [0.4, 0.5) is 0 Å². The Hall–Kier alpha value is -1.25. The van der Waals surface area contributed by atoms with E-state index in [1.54, 1.807) is 6.07 Å². The number of aromatic amines is 1. The lowest BCUT2D eigenvalue weighted by Crippen LogP contribution is -1.96. The Morgan fingerprint density at radius 3 is 3.00 bits per heavy atom. The molecule has 1 heterocycles. The number of carbonyl (C=O) groups is 1. The average molecular weight is 151 g/mol. The lowest BCUT2D eigenvalue weighted by atomic mass is 10.2. The summed E-state index contributed by atoms with van der Waals surface area (Å²) in [7, 11) is 0. The Morgan fingerprint density at radius 2 is 2.36 bits per heavy atom. The van der Waals surface area contributed by atoms with E-state index in [1.807, 2.05) is 0 Å². The third kappa shape index (κ3) is 0.926. The summed E-state index contributed by atoms with van der Waals surface area (Å²) >= 11 is 0. The highest BCUT2D eigenvalue weighted by Crippen LogP contribution is 2.21. The van der Waals surface area contributed by atoms with Crippen molar-refractivity contribution < 1.29 is 9.90 Å². The van der Waals surface area contributed by atoms with Gasteiger partial charge >= 0.3 is 5.97 Å². The van der Waals surface area contributed by atoms with Crippen molar-refractivity contribution in [3.8, 4) is 0 Å². The van der Waals surface area contributed by atoms with E-state index >= 15 is 0 Å². The predicted molar refractivity (Wildman–Crippen MR) is 39.8 cm³/mol. The number of H-pyrrole nitrogens is 1. The summed E-state index contributed by atoms with van der Waals surface area (Å²) in [6.45, 7) is 0. The molecule has 0 amide bonds. The van der Waals surface area contributed by atoms with E-state index in [2.05, 4.69) is 4.98 Å². The maximum absolute atomic E-state index is 10.5. The Labute approximate surface area is 64.1 Å². The zero-order valence-electron chi connectivity index (χ0n) is 6.05. The molecular formula is C8H9NO2. The van der Waals surface area contributed by atoms with Gasteiger partial charge in [0.15, 0.2) is 0 Å². The highest BCUT2D eigenvalue weighted by molar-refractivity contribution is 5.86. The van der Waals surface area contributed by atoms with Crippen molar-refractivity contribution in [3.05, 3.63) is 23.0 Å². The Bertz CT molecular complexity index is 280. The van der Waals surface area contributed by atoms with Crippen LogP contribution in [0.25, 0.3) is 0 Å². The normalized spacial score (nSPS) is 14.9. The van der Waals surface area contributed by atoms with E-state index < -0.39 is 5.97 Å². The molecule has 1 aliphatic rings. The molecule has 0 saturated heterocycles. The molecule has 0 fully saturated rings. The van der Waals surface area contributed by atoms with Crippen LogP contribution >= 0.6 is 0 Å². The molecule has 0 aliphatic heterocycles. The highest BCUT2D eigenvalue weighted by atomic mass is 16.4. The van der Waals surface area contributed by atoms with Crippen molar-refractivity contribution in [1.82, 2.24) is 4.98 Å². The van der Waals surface area contributed by atoms with Gasteiger partial charge in [-0.05, 0) is 30.9 Å². The van der Waals surface area contributed by atoms with Crippen molar-refractivity contribution in [2.45, 2.75) is 19.3 Å². The van der Waals surface area contributed by atoms with E-state index in [4.69, 9.17) is 5.11 Å². The Morgan fingerprint density at radius 1 is 1.55 bits per heavy atom. The lowest BCUT2D eigenvalue weighted by molar-refractivity contribution is 0.0691. The summed E-state index contributed by atoms with van der Waals surface area (Å²) in [5.74, 6) is -0.862. The molecule has 0 saturated carbocycles. The number of aryl methyl sites for hydroxylation is 2. The minimum atomic E-state index is -0.862. The highest BCUT2D eigenvalue weighted by Gasteiger charge is 2.16. The first-order valence-electron chi connectivity index (χ1n) is 3.71. The molecule has 0 spiro atoms. The fourth-order valence-electron chi connectivity index (χ4n) is 1.56. The number of hydrogen-bond donors (Lipinski definition) is 2. The largest absolute Gasteiger partial charge is 0.477 e. The third-order valence-electron chi connectivity index (χ3n) is 2.10. The van der Waals surface area contributed by atoms with Crippen molar-refractivity contribution in [1.29, 1.82) is 0 Å². The number of carboxylic acids is 1. The van der Waals surface area contributed by atoms with Crippen LogP contribution in [0.15, 0.2) is 6.07 Å². The standard InChI is InChI=1S/C8H9NO2/c10-8(11)7-4-5-2-1-3-6(5)9-7/h4,9H,1-3H2,(H,10,11). The molecule has 0 radical (unpaired) electrons. The van der Waals surface area contributed by atoms with E-state index in [9.17, 15) is 4.79 Å². The summed E-state index contributed by atoms with van der Waals surface area (Å²) < 4.78 is 0. The van der Waals surface area contributed by atoms with Gasteiger partial charge in [0.1, 0.15) is 5.69 Å². The number of nitrogens with one attached hydrogen (secondary N) is 1. The maximum atomic E-state index is 10.5. The van der Waals surface area contributed by atoms with Crippen LogP contribution in [-0.2, 0) is 12.8 Å². The topological polar surface area (TPSA) is 53.1 Å². The first-order chi connectivity index (χ1) is 5.27. The Balaban J connectivity index is 2.42. The smallest absolute Gasteiger partial charge is 0.352 e. The van der Waals surface area contributed by atoms with Gasteiger partial charge in [0, 0.05) is 5.69 Å². The minimum absolute atomic E-state index is 0.328. The summed E-state index contributed by atoms with van der Waals surface area (Å²) in [6, 6.07) is 1.74. The molecule has 1 aliphatic carbocycles. The second-order valence-corrected chi connectivity index (χ2v) is 2.85. The van der Waals surface area contributed by atoms with Gasteiger partial charge in [0.25, 0.3) is 0 Å². The van der Waals surface area contributed by atoms with Crippen LogP contribution in [-0.4, -0.2) is 16.1 Å². The SMILES string of the molecule is O=C(O)c1cc2c([nH]1)CCC2. The number of fused-ring (bicyclic) bond motifs is 1. The van der Waals surface area contributed by atoms with Gasteiger partial charge in [-0.15, -0.1) is 0 Å². The predicted octanol–water partition coefficient (Wildman–Crippen LogP) is 1.20. The van der Waals surface area contributed by atoms with Crippen molar-refractivity contribution >= 4 is 5.97 Å². The number of aromatic carboxylic acids is 1. The molecule has 1 aromatic rings. The summed E-state index contributed by atoms with van der Waals surface area (Å²) in [6.07, 6.45) is 3.18. The molecule has 3 heteroatoms. The maximum Gasteiger partial charge on any atom is 0.352 e. The molecule has 0 aromatic carbocycles. The van der Waals surface area contributed by atoms with Crippen molar-refractivity contribution in [2.75, 3.05) is 0 Å². The van der Waals surface area contributed by atoms with Gasteiger partial charge in [-0.3, -0.25) is 0 Å². The summed E-state index contributed by atoms with van der Waals surface area (Å²) in [4.78, 5) is 13.4. The monoisotopic (exact) mass is 151 g/mol. The van der Waals surface area contributed by atoms with Gasteiger partial charge in [-0.2, -0.15) is 0 Å². The zero-order valence-corrected chi connectivity index (χ0v) is 6.05.